The van der Waals surface area contributed by atoms with Gasteiger partial charge < -0.3 is 5.01 Å². The van der Waals surface area contributed by atoms with Crippen LogP contribution in [0.25, 0.3) is 11.3 Å². The van der Waals surface area contributed by atoms with E-state index in [2.05, 4.69) is 10.1 Å². The first-order chi connectivity index (χ1) is 10.6. The molecular weight excluding hydrogens is 314 g/mol. The van der Waals surface area contributed by atoms with E-state index in [0.29, 0.717) is 0 Å². The highest BCUT2D eigenvalue weighted by Crippen LogP contribution is 2.22. The first kappa shape index (κ1) is 14.9. The van der Waals surface area contributed by atoms with Gasteiger partial charge in [-0.2, -0.15) is 0 Å². The molecule has 0 atom stereocenters. The molecule has 0 unspecified atom stereocenters. The van der Waals surface area contributed by atoms with Crippen LogP contribution in [0.4, 0.5) is 5.69 Å². The van der Waals surface area contributed by atoms with Crippen molar-refractivity contribution in [2.45, 2.75) is 0 Å². The van der Waals surface area contributed by atoms with Gasteiger partial charge in [-0.25, -0.2) is 9.67 Å². The Hall–Kier alpha value is -2.04. The van der Waals surface area contributed by atoms with Crippen molar-refractivity contribution in [1.29, 1.82) is 0 Å². The van der Waals surface area contributed by atoms with Gasteiger partial charge in [0, 0.05) is 30.1 Å². The highest BCUT2D eigenvalue weighted by molar-refractivity contribution is 7.07. The van der Waals surface area contributed by atoms with Gasteiger partial charge in [-0.05, 0) is 24.3 Å². The summed E-state index contributed by atoms with van der Waals surface area (Å²) in [6.07, 6.45) is 0. The Labute approximate surface area is 138 Å². The van der Waals surface area contributed by atoms with E-state index in [1.807, 2.05) is 73.7 Å². The number of thiazole rings is 1. The van der Waals surface area contributed by atoms with Crippen LogP contribution < -0.4 is 9.81 Å². The molecule has 112 valence electrons. The zero-order valence-corrected chi connectivity index (χ0v) is 14.0. The smallest absolute Gasteiger partial charge is 0.209 e. The molecular formula is C17H16ClN3S. The van der Waals surface area contributed by atoms with Crippen LogP contribution in [0.5, 0.6) is 0 Å². The number of aromatic nitrogens is 1. The third-order valence-electron chi connectivity index (χ3n) is 3.21. The number of rotatable bonds is 3. The Morgan fingerprint density at radius 3 is 2.32 bits per heavy atom. The van der Waals surface area contributed by atoms with Gasteiger partial charge >= 0.3 is 0 Å². The molecule has 1 aromatic heterocycles. The van der Waals surface area contributed by atoms with Crippen molar-refractivity contribution < 1.29 is 0 Å². The highest BCUT2D eigenvalue weighted by Gasteiger charge is 2.09. The Morgan fingerprint density at radius 1 is 1.00 bits per heavy atom. The van der Waals surface area contributed by atoms with E-state index in [0.717, 1.165) is 26.8 Å². The van der Waals surface area contributed by atoms with E-state index in [1.165, 1.54) is 0 Å². The first-order valence-electron chi connectivity index (χ1n) is 6.89. The first-order valence-corrected chi connectivity index (χ1v) is 8.15. The van der Waals surface area contributed by atoms with Gasteiger partial charge in [0.25, 0.3) is 0 Å². The normalized spacial score (nSPS) is 11.7. The van der Waals surface area contributed by atoms with Crippen molar-refractivity contribution >= 4 is 28.6 Å². The number of halogens is 1. The fourth-order valence-corrected chi connectivity index (χ4v) is 3.29. The quantitative estimate of drug-likeness (QED) is 0.701. The summed E-state index contributed by atoms with van der Waals surface area (Å²) in [4.78, 5) is 5.67. The maximum absolute atomic E-state index is 5.98. The van der Waals surface area contributed by atoms with Gasteiger partial charge in [0.1, 0.15) is 0 Å². The molecule has 0 fully saturated rings. The zero-order chi connectivity index (χ0) is 15.5. The Bertz CT molecular complexity index is 817. The molecule has 3 rings (SSSR count). The zero-order valence-electron chi connectivity index (χ0n) is 12.4. The van der Waals surface area contributed by atoms with Crippen LogP contribution in [0.3, 0.4) is 0 Å². The minimum Gasteiger partial charge on any atom is -0.316 e. The van der Waals surface area contributed by atoms with Gasteiger partial charge in [-0.3, -0.25) is 0 Å². The second-order valence-electron chi connectivity index (χ2n) is 5.02. The molecule has 0 radical (unpaired) electrons. The summed E-state index contributed by atoms with van der Waals surface area (Å²) in [5.74, 6) is 0. The molecule has 1 heterocycles. The Kier molecular flexibility index (Phi) is 4.32. The van der Waals surface area contributed by atoms with E-state index in [-0.39, 0.29) is 0 Å². The van der Waals surface area contributed by atoms with Crippen molar-refractivity contribution in [3.05, 3.63) is 69.8 Å². The third kappa shape index (κ3) is 3.08. The largest absolute Gasteiger partial charge is 0.316 e. The lowest BCUT2D eigenvalue weighted by Crippen LogP contribution is -2.33. The SMILES string of the molecule is CN(C)n1c(-c2ccc(Cl)cc2)csc1=Nc1ccccc1. The molecule has 0 spiro atoms. The monoisotopic (exact) mass is 329 g/mol. The summed E-state index contributed by atoms with van der Waals surface area (Å²) in [5, 5.41) is 4.89. The molecule has 0 aliphatic carbocycles. The van der Waals surface area contributed by atoms with E-state index < -0.39 is 0 Å². The number of hydrogen-bond donors (Lipinski definition) is 0. The van der Waals surface area contributed by atoms with E-state index >= 15 is 0 Å². The predicted molar refractivity (Wildman–Crippen MR) is 94.5 cm³/mol. The summed E-state index contributed by atoms with van der Waals surface area (Å²) in [6.45, 7) is 0. The van der Waals surface area contributed by atoms with Crippen molar-refractivity contribution in [2.75, 3.05) is 19.1 Å². The third-order valence-corrected chi connectivity index (χ3v) is 4.27. The lowest BCUT2D eigenvalue weighted by atomic mass is 10.2. The van der Waals surface area contributed by atoms with Crippen molar-refractivity contribution in [2.24, 2.45) is 4.99 Å². The lowest BCUT2D eigenvalue weighted by Gasteiger charge is -2.17. The number of nitrogens with zero attached hydrogens (tertiary/aromatic N) is 3. The highest BCUT2D eigenvalue weighted by atomic mass is 35.5. The molecule has 2 aromatic carbocycles. The summed E-state index contributed by atoms with van der Waals surface area (Å²) in [6, 6.07) is 17.8. The summed E-state index contributed by atoms with van der Waals surface area (Å²) >= 11 is 7.60. The molecule has 0 amide bonds. The molecule has 22 heavy (non-hydrogen) atoms. The Balaban J connectivity index is 2.14. The van der Waals surface area contributed by atoms with Gasteiger partial charge in [0.05, 0.1) is 11.4 Å². The molecule has 0 saturated heterocycles. The number of hydrogen-bond acceptors (Lipinski definition) is 3. The second kappa shape index (κ2) is 6.38. The van der Waals surface area contributed by atoms with Crippen LogP contribution in [0.15, 0.2) is 65.0 Å². The van der Waals surface area contributed by atoms with Crippen LogP contribution >= 0.6 is 22.9 Å². The molecule has 0 aliphatic rings. The average Bonchev–Trinajstić information content (AvgIpc) is 2.93. The number of para-hydroxylation sites is 1. The van der Waals surface area contributed by atoms with Gasteiger partial charge in [0.2, 0.25) is 4.80 Å². The van der Waals surface area contributed by atoms with Crippen LogP contribution in [-0.4, -0.2) is 18.8 Å². The maximum atomic E-state index is 5.98. The fraction of sp³-hybridized carbons (Fsp3) is 0.118. The molecule has 0 N–H and O–H groups in total. The van der Waals surface area contributed by atoms with Gasteiger partial charge in [0.15, 0.2) is 0 Å². The Morgan fingerprint density at radius 2 is 1.68 bits per heavy atom. The van der Waals surface area contributed by atoms with Gasteiger partial charge in [-0.15, -0.1) is 11.3 Å². The molecule has 0 bridgehead atoms. The van der Waals surface area contributed by atoms with Crippen molar-refractivity contribution in [3.63, 3.8) is 0 Å². The minimum absolute atomic E-state index is 0.740. The van der Waals surface area contributed by atoms with Crippen LogP contribution in [0.1, 0.15) is 0 Å². The van der Waals surface area contributed by atoms with Gasteiger partial charge in [-0.1, -0.05) is 41.9 Å². The maximum Gasteiger partial charge on any atom is 0.209 e. The van der Waals surface area contributed by atoms with E-state index in [9.17, 15) is 0 Å². The summed E-state index contributed by atoms with van der Waals surface area (Å²) in [7, 11) is 4.02. The number of benzene rings is 2. The van der Waals surface area contributed by atoms with Crippen molar-refractivity contribution in [3.8, 4) is 11.3 Å². The lowest BCUT2D eigenvalue weighted by molar-refractivity contribution is 0.716. The molecule has 0 aliphatic heterocycles. The summed E-state index contributed by atoms with van der Waals surface area (Å²) < 4.78 is 2.10. The topological polar surface area (TPSA) is 20.5 Å². The second-order valence-corrected chi connectivity index (χ2v) is 6.29. The molecule has 0 saturated carbocycles. The standard InChI is InChI=1S/C17H16ClN3S/c1-20(2)21-16(13-8-10-14(18)11-9-13)12-22-17(21)19-15-6-4-3-5-7-15/h3-12H,1-2H3. The molecule has 3 aromatic rings. The van der Waals surface area contributed by atoms with E-state index in [1.54, 1.807) is 11.3 Å². The van der Waals surface area contributed by atoms with E-state index in [4.69, 9.17) is 16.6 Å². The van der Waals surface area contributed by atoms with Crippen LogP contribution in [-0.2, 0) is 0 Å². The predicted octanol–water partition coefficient (Wildman–Crippen LogP) is 4.30. The van der Waals surface area contributed by atoms with Crippen LogP contribution in [0.2, 0.25) is 5.02 Å². The molecule has 3 nitrogen and oxygen atoms in total. The van der Waals surface area contributed by atoms with Crippen molar-refractivity contribution in [1.82, 2.24) is 4.68 Å². The van der Waals surface area contributed by atoms with Crippen LogP contribution in [0, 0.1) is 0 Å². The average molecular weight is 330 g/mol. The fourth-order valence-electron chi connectivity index (χ4n) is 2.20. The minimum atomic E-state index is 0.740. The molecule has 5 heteroatoms. The summed E-state index contributed by atoms with van der Waals surface area (Å²) in [5.41, 5.74) is 3.16.